The standard InChI is InChI=1S/C19H20ClNO4S/c20-14-9-12(10-15-18(14)25-7-6-24-15)1-4-21-17(22)11-16-19-13(2-5-23-16)3-8-26-19/h3,8-10,16H,1-2,4-7,11H2,(H,21,22). The van der Waals surface area contributed by atoms with Gasteiger partial charge >= 0.3 is 0 Å². The van der Waals surface area contributed by atoms with Gasteiger partial charge in [0.05, 0.1) is 18.1 Å². The zero-order valence-corrected chi connectivity index (χ0v) is 15.8. The number of ether oxygens (including phenoxy) is 3. The Morgan fingerprint density at radius 1 is 1.27 bits per heavy atom. The van der Waals surface area contributed by atoms with Crippen LogP contribution in [0.4, 0.5) is 0 Å². The van der Waals surface area contributed by atoms with Gasteiger partial charge in [0.1, 0.15) is 19.3 Å². The number of carbonyl (C=O) groups excluding carboxylic acids is 1. The molecular weight excluding hydrogens is 374 g/mol. The van der Waals surface area contributed by atoms with E-state index in [4.69, 9.17) is 25.8 Å². The van der Waals surface area contributed by atoms with Crippen molar-refractivity contribution >= 4 is 28.8 Å². The molecule has 0 spiro atoms. The van der Waals surface area contributed by atoms with E-state index in [-0.39, 0.29) is 12.0 Å². The van der Waals surface area contributed by atoms with Crippen molar-refractivity contribution in [1.82, 2.24) is 5.32 Å². The van der Waals surface area contributed by atoms with Crippen LogP contribution in [-0.2, 0) is 22.4 Å². The van der Waals surface area contributed by atoms with Crippen LogP contribution in [-0.4, -0.2) is 32.3 Å². The highest BCUT2D eigenvalue weighted by molar-refractivity contribution is 7.10. The first-order chi connectivity index (χ1) is 12.7. The molecule has 1 unspecified atom stereocenters. The maximum absolute atomic E-state index is 12.3. The summed E-state index contributed by atoms with van der Waals surface area (Å²) in [5, 5.41) is 5.58. The summed E-state index contributed by atoms with van der Waals surface area (Å²) < 4.78 is 16.9. The minimum Gasteiger partial charge on any atom is -0.486 e. The van der Waals surface area contributed by atoms with Crippen LogP contribution in [0, 0.1) is 0 Å². The second-order valence-electron chi connectivity index (χ2n) is 6.33. The lowest BCUT2D eigenvalue weighted by Gasteiger charge is -2.22. The molecule has 0 bridgehead atoms. The zero-order valence-electron chi connectivity index (χ0n) is 14.3. The van der Waals surface area contributed by atoms with Crippen molar-refractivity contribution in [2.45, 2.75) is 25.4 Å². The summed E-state index contributed by atoms with van der Waals surface area (Å²) >= 11 is 7.91. The smallest absolute Gasteiger partial charge is 0.223 e. The van der Waals surface area contributed by atoms with Crippen molar-refractivity contribution in [2.75, 3.05) is 26.4 Å². The quantitative estimate of drug-likeness (QED) is 0.844. The summed E-state index contributed by atoms with van der Waals surface area (Å²) in [6.45, 7) is 2.25. The van der Waals surface area contributed by atoms with Gasteiger partial charge in [-0.25, -0.2) is 0 Å². The minimum atomic E-state index is -0.123. The van der Waals surface area contributed by atoms with Gasteiger partial charge in [-0.2, -0.15) is 0 Å². The van der Waals surface area contributed by atoms with Crippen LogP contribution < -0.4 is 14.8 Å². The number of rotatable bonds is 5. The molecule has 26 heavy (non-hydrogen) atoms. The number of halogens is 1. The summed E-state index contributed by atoms with van der Waals surface area (Å²) in [5.41, 5.74) is 2.32. The first-order valence-corrected chi connectivity index (χ1v) is 9.99. The zero-order chi connectivity index (χ0) is 17.9. The highest BCUT2D eigenvalue weighted by atomic mass is 35.5. The molecule has 4 rings (SSSR count). The number of fused-ring (bicyclic) bond motifs is 2. The molecule has 1 aromatic carbocycles. The maximum atomic E-state index is 12.3. The fraction of sp³-hybridized carbons (Fsp3) is 0.421. The van der Waals surface area contributed by atoms with Gasteiger partial charge in [-0.3, -0.25) is 4.79 Å². The van der Waals surface area contributed by atoms with Crippen LogP contribution in [0.1, 0.15) is 28.5 Å². The second kappa shape index (κ2) is 7.86. The number of thiophene rings is 1. The Bertz CT molecular complexity index is 807. The molecule has 0 saturated heterocycles. The molecule has 1 atom stereocenters. The van der Waals surface area contributed by atoms with E-state index in [1.807, 2.05) is 12.1 Å². The number of benzene rings is 1. The van der Waals surface area contributed by atoms with E-state index in [1.54, 1.807) is 11.3 Å². The van der Waals surface area contributed by atoms with Crippen LogP contribution >= 0.6 is 22.9 Å². The van der Waals surface area contributed by atoms with Gasteiger partial charge in [0.15, 0.2) is 11.5 Å². The van der Waals surface area contributed by atoms with Crippen LogP contribution in [0.15, 0.2) is 23.6 Å². The fourth-order valence-electron chi connectivity index (χ4n) is 3.27. The Morgan fingerprint density at radius 3 is 3.08 bits per heavy atom. The van der Waals surface area contributed by atoms with E-state index >= 15 is 0 Å². The number of nitrogens with one attached hydrogen (secondary N) is 1. The van der Waals surface area contributed by atoms with Gasteiger partial charge in [0.25, 0.3) is 0 Å². The van der Waals surface area contributed by atoms with Gasteiger partial charge in [0.2, 0.25) is 5.91 Å². The molecule has 2 aliphatic heterocycles. The Kier molecular flexibility index (Phi) is 5.33. The fourth-order valence-corrected chi connectivity index (χ4v) is 4.56. The largest absolute Gasteiger partial charge is 0.486 e. The van der Waals surface area contributed by atoms with Crippen LogP contribution in [0.2, 0.25) is 5.02 Å². The number of carbonyl (C=O) groups is 1. The van der Waals surface area contributed by atoms with E-state index < -0.39 is 0 Å². The van der Waals surface area contributed by atoms with Crippen molar-refractivity contribution in [1.29, 1.82) is 0 Å². The number of hydrogen-bond donors (Lipinski definition) is 1. The van der Waals surface area contributed by atoms with Crippen molar-refractivity contribution in [3.8, 4) is 11.5 Å². The van der Waals surface area contributed by atoms with Gasteiger partial charge in [0, 0.05) is 11.4 Å². The van der Waals surface area contributed by atoms with Gasteiger partial charge in [-0.05, 0) is 47.5 Å². The molecule has 0 saturated carbocycles. The van der Waals surface area contributed by atoms with Gasteiger partial charge in [-0.1, -0.05) is 11.6 Å². The minimum absolute atomic E-state index is 0.000102. The SMILES string of the molecule is O=C(CC1OCCc2ccsc21)NCCc1cc(Cl)c2c(c1)OCCO2. The molecular formula is C19H20ClNO4S. The third kappa shape index (κ3) is 3.82. The molecule has 3 heterocycles. The van der Waals surface area contributed by atoms with E-state index in [9.17, 15) is 4.79 Å². The summed E-state index contributed by atoms with van der Waals surface area (Å²) in [6.07, 6.45) is 1.84. The average Bonchev–Trinajstić information content (AvgIpc) is 3.12. The molecule has 2 aliphatic rings. The second-order valence-corrected chi connectivity index (χ2v) is 7.68. The molecule has 1 amide bonds. The Balaban J connectivity index is 1.30. The lowest BCUT2D eigenvalue weighted by atomic mass is 10.1. The molecule has 7 heteroatoms. The first kappa shape index (κ1) is 17.6. The highest BCUT2D eigenvalue weighted by Gasteiger charge is 2.24. The van der Waals surface area contributed by atoms with Crippen LogP contribution in [0.3, 0.4) is 0 Å². The van der Waals surface area contributed by atoms with E-state index in [0.29, 0.717) is 55.7 Å². The van der Waals surface area contributed by atoms with Crippen molar-refractivity contribution in [2.24, 2.45) is 0 Å². The normalized spacial score (nSPS) is 18.3. The van der Waals surface area contributed by atoms with Gasteiger partial charge < -0.3 is 19.5 Å². The molecule has 5 nitrogen and oxygen atoms in total. The third-order valence-electron chi connectivity index (χ3n) is 4.53. The topological polar surface area (TPSA) is 56.8 Å². The lowest BCUT2D eigenvalue weighted by molar-refractivity contribution is -0.124. The molecule has 1 aromatic heterocycles. The number of hydrogen-bond acceptors (Lipinski definition) is 5. The first-order valence-electron chi connectivity index (χ1n) is 8.73. The average molecular weight is 394 g/mol. The monoisotopic (exact) mass is 393 g/mol. The molecule has 2 aromatic rings. The molecule has 0 fully saturated rings. The number of amides is 1. The third-order valence-corrected chi connectivity index (χ3v) is 5.86. The Morgan fingerprint density at radius 2 is 2.15 bits per heavy atom. The summed E-state index contributed by atoms with van der Waals surface area (Å²) in [6, 6.07) is 5.91. The van der Waals surface area contributed by atoms with E-state index in [0.717, 1.165) is 12.0 Å². The van der Waals surface area contributed by atoms with Gasteiger partial charge in [-0.15, -0.1) is 11.3 Å². The summed E-state index contributed by atoms with van der Waals surface area (Å²) in [7, 11) is 0. The Hall–Kier alpha value is -1.76. The lowest BCUT2D eigenvalue weighted by Crippen LogP contribution is -2.29. The predicted octanol–water partition coefficient (Wildman–Crippen LogP) is 3.54. The molecule has 0 radical (unpaired) electrons. The molecule has 138 valence electrons. The van der Waals surface area contributed by atoms with Crippen molar-refractivity contribution in [3.05, 3.63) is 44.6 Å². The van der Waals surface area contributed by atoms with Crippen LogP contribution in [0.5, 0.6) is 11.5 Å². The Labute approximate surface area is 161 Å². The summed E-state index contributed by atoms with van der Waals surface area (Å²) in [5.74, 6) is 1.28. The highest BCUT2D eigenvalue weighted by Crippen LogP contribution is 2.38. The predicted molar refractivity (Wildman–Crippen MR) is 100 cm³/mol. The van der Waals surface area contributed by atoms with Crippen molar-refractivity contribution < 1.29 is 19.0 Å². The van der Waals surface area contributed by atoms with Crippen LogP contribution in [0.25, 0.3) is 0 Å². The van der Waals surface area contributed by atoms with Crippen molar-refractivity contribution in [3.63, 3.8) is 0 Å². The van der Waals surface area contributed by atoms with E-state index in [2.05, 4.69) is 16.8 Å². The molecule has 1 N–H and O–H groups in total. The summed E-state index contributed by atoms with van der Waals surface area (Å²) in [4.78, 5) is 13.5. The molecule has 0 aliphatic carbocycles. The maximum Gasteiger partial charge on any atom is 0.223 e. The van der Waals surface area contributed by atoms with E-state index in [1.165, 1.54) is 10.4 Å².